The van der Waals surface area contributed by atoms with Crippen LogP contribution in [0.1, 0.15) is 66.2 Å². The highest BCUT2D eigenvalue weighted by molar-refractivity contribution is 6.02. The Labute approximate surface area is 254 Å². The summed E-state index contributed by atoms with van der Waals surface area (Å²) in [6.07, 6.45) is 3.32. The number of fused-ring (bicyclic) bond motifs is 2. The Morgan fingerprint density at radius 3 is 1.84 bits per heavy atom. The molecule has 0 bridgehead atoms. The van der Waals surface area contributed by atoms with Gasteiger partial charge in [-0.2, -0.15) is 0 Å². The molecule has 3 heterocycles. The van der Waals surface area contributed by atoms with Crippen molar-refractivity contribution in [3.63, 3.8) is 0 Å². The SMILES string of the molecule is CCOC(=O)C(C)N1C(=O)CCc2ccc(-n3c(C)ccc3C)cc21.Cc1ccc(C)n1-c1ccc2c(c1)CC(=O)CC2. The first-order chi connectivity index (χ1) is 20.6. The molecule has 1 atom stereocenters. The van der Waals surface area contributed by atoms with E-state index in [2.05, 4.69) is 91.4 Å². The highest BCUT2D eigenvalue weighted by Gasteiger charge is 2.33. The van der Waals surface area contributed by atoms with Crippen LogP contribution in [0.15, 0.2) is 60.7 Å². The molecule has 1 unspecified atom stereocenters. The number of benzene rings is 2. The summed E-state index contributed by atoms with van der Waals surface area (Å²) in [6, 6.07) is 20.4. The molecular weight excluding hydrogens is 538 g/mol. The molecule has 4 aromatic rings. The Hall–Kier alpha value is -4.39. The van der Waals surface area contributed by atoms with E-state index < -0.39 is 6.04 Å². The lowest BCUT2D eigenvalue weighted by atomic mass is 9.90. The van der Waals surface area contributed by atoms with E-state index in [0.29, 0.717) is 38.1 Å². The van der Waals surface area contributed by atoms with Gasteiger partial charge in [0.2, 0.25) is 5.91 Å². The van der Waals surface area contributed by atoms with E-state index >= 15 is 0 Å². The van der Waals surface area contributed by atoms with Crippen molar-refractivity contribution in [2.24, 2.45) is 0 Å². The minimum atomic E-state index is -0.631. The van der Waals surface area contributed by atoms with Gasteiger partial charge in [-0.1, -0.05) is 12.1 Å². The number of hydrogen-bond acceptors (Lipinski definition) is 4. The van der Waals surface area contributed by atoms with E-state index in [0.717, 1.165) is 34.7 Å². The molecular formula is C36H41N3O4. The Morgan fingerprint density at radius 2 is 1.26 bits per heavy atom. The number of aryl methyl sites for hydroxylation is 6. The number of Topliss-reactive ketones (excluding diaryl/α,β-unsaturated/α-hetero) is 1. The predicted molar refractivity (Wildman–Crippen MR) is 169 cm³/mol. The van der Waals surface area contributed by atoms with E-state index in [1.165, 1.54) is 28.2 Å². The van der Waals surface area contributed by atoms with Crippen molar-refractivity contribution in [1.29, 1.82) is 0 Å². The van der Waals surface area contributed by atoms with Gasteiger partial charge in [-0.15, -0.1) is 0 Å². The summed E-state index contributed by atoms with van der Waals surface area (Å²) in [5.41, 5.74) is 11.3. The predicted octanol–water partition coefficient (Wildman–Crippen LogP) is 6.48. The third-order valence-corrected chi connectivity index (χ3v) is 8.53. The lowest BCUT2D eigenvalue weighted by Crippen LogP contribution is -2.46. The summed E-state index contributed by atoms with van der Waals surface area (Å²) in [7, 11) is 0. The molecule has 1 aliphatic heterocycles. The van der Waals surface area contributed by atoms with E-state index in [9.17, 15) is 14.4 Å². The van der Waals surface area contributed by atoms with Gasteiger partial charge in [-0.25, -0.2) is 4.79 Å². The monoisotopic (exact) mass is 579 g/mol. The number of hydrogen-bond donors (Lipinski definition) is 0. The lowest BCUT2D eigenvalue weighted by Gasteiger charge is -2.33. The fourth-order valence-electron chi connectivity index (χ4n) is 6.30. The van der Waals surface area contributed by atoms with Crippen LogP contribution >= 0.6 is 0 Å². The molecule has 0 saturated heterocycles. The molecule has 0 radical (unpaired) electrons. The van der Waals surface area contributed by atoms with Crippen LogP contribution in [0.25, 0.3) is 11.4 Å². The van der Waals surface area contributed by atoms with Crippen LogP contribution in [-0.2, 0) is 38.4 Å². The van der Waals surface area contributed by atoms with Crippen LogP contribution in [-0.4, -0.2) is 39.4 Å². The molecule has 224 valence electrons. The molecule has 0 spiro atoms. The van der Waals surface area contributed by atoms with Gasteiger partial charge in [-0.3, -0.25) is 14.5 Å². The average molecular weight is 580 g/mol. The van der Waals surface area contributed by atoms with Gasteiger partial charge in [0.25, 0.3) is 0 Å². The number of amides is 1. The van der Waals surface area contributed by atoms with Crippen LogP contribution in [0.5, 0.6) is 0 Å². The van der Waals surface area contributed by atoms with Crippen molar-refractivity contribution >= 4 is 23.3 Å². The van der Waals surface area contributed by atoms with Crippen molar-refractivity contribution in [3.05, 3.63) is 100 Å². The van der Waals surface area contributed by atoms with E-state index in [4.69, 9.17) is 4.74 Å². The Bertz CT molecular complexity index is 1650. The maximum absolute atomic E-state index is 12.6. The summed E-state index contributed by atoms with van der Waals surface area (Å²) in [4.78, 5) is 37.9. The van der Waals surface area contributed by atoms with Gasteiger partial charge in [0.05, 0.1) is 6.61 Å². The van der Waals surface area contributed by atoms with Crippen LogP contribution in [0.2, 0.25) is 0 Å². The summed E-state index contributed by atoms with van der Waals surface area (Å²) >= 11 is 0. The van der Waals surface area contributed by atoms with Gasteiger partial charge in [-0.05, 0) is 120 Å². The maximum Gasteiger partial charge on any atom is 0.328 e. The standard InChI is InChI=1S/C20H24N2O3.C16H17NO/c1-5-25-20(24)15(4)22-18-12-17(21-13(2)6-7-14(21)3)10-8-16(18)9-11-19(22)23;1-11-3-4-12(2)17(11)15-7-5-13-6-8-16(18)10-14(13)9-15/h6-8,10,12,15H,5,9,11H2,1-4H3;3-5,7,9H,6,8,10H2,1-2H3. The molecule has 7 heteroatoms. The highest BCUT2D eigenvalue weighted by Crippen LogP contribution is 2.33. The summed E-state index contributed by atoms with van der Waals surface area (Å²) in [6.45, 7) is 12.1. The average Bonchev–Trinajstić information content (AvgIpc) is 3.51. The van der Waals surface area contributed by atoms with Crippen molar-refractivity contribution in [2.45, 2.75) is 79.7 Å². The van der Waals surface area contributed by atoms with E-state index in [-0.39, 0.29) is 11.9 Å². The normalized spacial score (nSPS) is 14.9. The highest BCUT2D eigenvalue weighted by atomic mass is 16.5. The van der Waals surface area contributed by atoms with Gasteiger partial charge < -0.3 is 13.9 Å². The smallest absolute Gasteiger partial charge is 0.328 e. The number of esters is 1. The molecule has 1 amide bonds. The first kappa shape index (κ1) is 30.1. The number of anilines is 1. The fraction of sp³-hybridized carbons (Fsp3) is 0.361. The molecule has 2 aliphatic rings. The molecule has 6 rings (SSSR count). The van der Waals surface area contributed by atoms with Crippen molar-refractivity contribution < 1.29 is 19.1 Å². The number of carbonyl (C=O) groups is 3. The third-order valence-electron chi connectivity index (χ3n) is 8.53. The van der Waals surface area contributed by atoms with Crippen LogP contribution in [0.3, 0.4) is 0 Å². The van der Waals surface area contributed by atoms with Crippen molar-refractivity contribution in [3.8, 4) is 11.4 Å². The number of rotatable bonds is 5. The Kier molecular flexibility index (Phi) is 8.71. The first-order valence-corrected chi connectivity index (χ1v) is 15.1. The summed E-state index contributed by atoms with van der Waals surface area (Å²) in [5.74, 6) is -0.0471. The number of nitrogens with zero attached hydrogens (tertiary/aromatic N) is 3. The zero-order chi connectivity index (χ0) is 30.8. The molecule has 0 N–H and O–H groups in total. The second kappa shape index (κ2) is 12.5. The molecule has 1 aliphatic carbocycles. The van der Waals surface area contributed by atoms with Crippen LogP contribution in [0.4, 0.5) is 5.69 Å². The number of aromatic nitrogens is 2. The molecule has 0 fully saturated rings. The zero-order valence-electron chi connectivity index (χ0n) is 26.1. The minimum absolute atomic E-state index is 0.0360. The molecule has 2 aromatic carbocycles. The van der Waals surface area contributed by atoms with Gasteiger partial charge in [0, 0.05) is 59.1 Å². The third kappa shape index (κ3) is 6.07. The summed E-state index contributed by atoms with van der Waals surface area (Å²) < 4.78 is 9.50. The largest absolute Gasteiger partial charge is 0.464 e. The van der Waals surface area contributed by atoms with Crippen molar-refractivity contribution in [1.82, 2.24) is 9.13 Å². The number of ketones is 1. The maximum atomic E-state index is 12.6. The molecule has 0 saturated carbocycles. The molecule has 43 heavy (non-hydrogen) atoms. The lowest BCUT2D eigenvalue weighted by molar-refractivity contribution is -0.145. The molecule has 7 nitrogen and oxygen atoms in total. The van der Waals surface area contributed by atoms with Gasteiger partial charge in [0.1, 0.15) is 11.8 Å². The second-order valence-corrected chi connectivity index (χ2v) is 11.6. The summed E-state index contributed by atoms with van der Waals surface area (Å²) in [5, 5.41) is 0. The van der Waals surface area contributed by atoms with E-state index in [1.807, 2.05) is 6.07 Å². The van der Waals surface area contributed by atoms with Crippen LogP contribution in [0, 0.1) is 27.7 Å². The van der Waals surface area contributed by atoms with Crippen molar-refractivity contribution in [2.75, 3.05) is 11.5 Å². The van der Waals surface area contributed by atoms with E-state index in [1.54, 1.807) is 18.7 Å². The fourth-order valence-corrected chi connectivity index (χ4v) is 6.30. The Balaban J connectivity index is 0.000000180. The second-order valence-electron chi connectivity index (χ2n) is 11.6. The van der Waals surface area contributed by atoms with Gasteiger partial charge in [0.15, 0.2) is 0 Å². The molecule has 2 aromatic heterocycles. The quantitative estimate of drug-likeness (QED) is 0.254. The van der Waals surface area contributed by atoms with Crippen LogP contribution < -0.4 is 4.90 Å². The van der Waals surface area contributed by atoms with Gasteiger partial charge >= 0.3 is 5.97 Å². The zero-order valence-corrected chi connectivity index (χ0v) is 26.1. The minimum Gasteiger partial charge on any atom is -0.464 e. The Morgan fingerprint density at radius 1 is 0.721 bits per heavy atom. The number of carbonyl (C=O) groups excluding carboxylic acids is 3. The topological polar surface area (TPSA) is 73.5 Å². The number of ether oxygens (including phenoxy) is 1. The first-order valence-electron chi connectivity index (χ1n) is 15.1.